The van der Waals surface area contributed by atoms with Gasteiger partial charge in [-0.3, -0.25) is 0 Å². The van der Waals surface area contributed by atoms with E-state index in [0.29, 0.717) is 0 Å². The predicted octanol–water partition coefficient (Wildman–Crippen LogP) is 2.29. The van der Waals surface area contributed by atoms with Gasteiger partial charge in [0.2, 0.25) is 0 Å². The Morgan fingerprint density at radius 1 is 0.542 bits per heavy atom. The van der Waals surface area contributed by atoms with Crippen molar-refractivity contribution in [2.45, 2.75) is 25.7 Å². The van der Waals surface area contributed by atoms with Crippen molar-refractivity contribution in [3.63, 3.8) is 0 Å². The Morgan fingerprint density at radius 3 is 1.12 bits per heavy atom. The summed E-state index contributed by atoms with van der Waals surface area (Å²) >= 11 is 0. The molecule has 0 aromatic carbocycles. The fraction of sp³-hybridized carbons (Fsp3) is 1.00. The molecule has 0 aromatic rings. The average Bonchev–Trinajstić information content (AvgIpc) is 2.51. The van der Waals surface area contributed by atoms with Gasteiger partial charge in [0.05, 0.1) is 0 Å². The van der Waals surface area contributed by atoms with Gasteiger partial charge < -0.3 is 20.4 Å². The van der Waals surface area contributed by atoms with Crippen LogP contribution in [0.3, 0.4) is 0 Å². The summed E-state index contributed by atoms with van der Waals surface area (Å²) in [5.41, 5.74) is 0. The molecule has 0 aliphatic carbocycles. The van der Waals surface area contributed by atoms with Gasteiger partial charge in [-0.15, -0.1) is 49.6 Å². The molecule has 4 nitrogen and oxygen atoms in total. The number of rotatable bonds is 4. The first kappa shape index (κ1) is 27.2. The van der Waals surface area contributed by atoms with Crippen molar-refractivity contribution in [3.8, 4) is 0 Å². The molecular formula is C16H36Cl4N4. The summed E-state index contributed by atoms with van der Waals surface area (Å²) in [5.74, 6) is 1.90. The Morgan fingerprint density at radius 2 is 0.833 bits per heavy atom. The Hall–Kier alpha value is 1.00. The summed E-state index contributed by atoms with van der Waals surface area (Å²) in [6.07, 6.45) is 5.54. The van der Waals surface area contributed by atoms with E-state index in [4.69, 9.17) is 0 Å². The zero-order chi connectivity index (χ0) is 13.6. The van der Waals surface area contributed by atoms with Crippen LogP contribution in [0, 0.1) is 11.8 Å². The van der Waals surface area contributed by atoms with Gasteiger partial charge in [0.15, 0.2) is 0 Å². The molecule has 0 atom stereocenters. The van der Waals surface area contributed by atoms with Crippen molar-refractivity contribution in [2.75, 3.05) is 65.4 Å². The molecule has 148 valence electrons. The fourth-order valence-electron chi connectivity index (χ4n) is 4.01. The topological polar surface area (TPSA) is 30.5 Å². The van der Waals surface area contributed by atoms with Crippen LogP contribution in [0.1, 0.15) is 25.7 Å². The molecular weight excluding hydrogens is 390 g/mol. The maximum Gasteiger partial charge on any atom is 0.0110 e. The van der Waals surface area contributed by atoms with Gasteiger partial charge in [0.1, 0.15) is 0 Å². The smallest absolute Gasteiger partial charge is 0.0110 e. The van der Waals surface area contributed by atoms with Gasteiger partial charge in [-0.25, -0.2) is 0 Å². The van der Waals surface area contributed by atoms with Crippen LogP contribution < -0.4 is 10.6 Å². The number of halogens is 4. The van der Waals surface area contributed by atoms with E-state index >= 15 is 0 Å². The zero-order valence-electron chi connectivity index (χ0n) is 14.6. The summed E-state index contributed by atoms with van der Waals surface area (Å²) < 4.78 is 0. The highest BCUT2D eigenvalue weighted by molar-refractivity contribution is 5.86. The van der Waals surface area contributed by atoms with Crippen LogP contribution in [0.5, 0.6) is 0 Å². The molecule has 0 radical (unpaired) electrons. The summed E-state index contributed by atoms with van der Waals surface area (Å²) in [7, 11) is 0. The normalized spacial score (nSPS) is 24.0. The number of nitrogens with one attached hydrogen (secondary N) is 2. The highest BCUT2D eigenvalue weighted by Crippen LogP contribution is 2.17. The summed E-state index contributed by atoms with van der Waals surface area (Å²) in [5, 5.41) is 6.95. The lowest BCUT2D eigenvalue weighted by Gasteiger charge is -2.39. The highest BCUT2D eigenvalue weighted by Gasteiger charge is 2.23. The maximum absolute atomic E-state index is 3.47. The summed E-state index contributed by atoms with van der Waals surface area (Å²) in [4.78, 5) is 5.43. The molecule has 3 fully saturated rings. The minimum Gasteiger partial charge on any atom is -0.317 e. The lowest BCUT2D eigenvalue weighted by molar-refractivity contribution is 0.0951. The SMILES string of the molecule is C1CC(CN2CCN(CC3CCNCC3)CC2)CCN1.Cl.Cl.Cl.Cl. The maximum atomic E-state index is 3.47. The predicted molar refractivity (Wildman–Crippen MR) is 113 cm³/mol. The van der Waals surface area contributed by atoms with Crippen LogP contribution in [-0.2, 0) is 0 Å². The molecule has 3 aliphatic rings. The van der Waals surface area contributed by atoms with Gasteiger partial charge in [0.25, 0.3) is 0 Å². The number of piperazine rings is 1. The molecule has 0 unspecified atom stereocenters. The van der Waals surface area contributed by atoms with E-state index < -0.39 is 0 Å². The van der Waals surface area contributed by atoms with Crippen LogP contribution in [0.4, 0.5) is 0 Å². The highest BCUT2D eigenvalue weighted by atomic mass is 35.5. The summed E-state index contributed by atoms with van der Waals surface area (Å²) in [6.45, 7) is 12.8. The second kappa shape index (κ2) is 15.1. The molecule has 3 rings (SSSR count). The first-order valence-corrected chi connectivity index (χ1v) is 8.76. The monoisotopic (exact) mass is 424 g/mol. The van der Waals surface area contributed by atoms with E-state index in [9.17, 15) is 0 Å². The van der Waals surface area contributed by atoms with Crippen molar-refractivity contribution in [3.05, 3.63) is 0 Å². The van der Waals surface area contributed by atoms with Crippen LogP contribution in [0.25, 0.3) is 0 Å². The zero-order valence-corrected chi connectivity index (χ0v) is 17.8. The van der Waals surface area contributed by atoms with E-state index in [1.807, 2.05) is 0 Å². The Labute approximate surface area is 172 Å². The van der Waals surface area contributed by atoms with Crippen LogP contribution in [0.15, 0.2) is 0 Å². The van der Waals surface area contributed by atoms with Gasteiger partial charge >= 0.3 is 0 Å². The van der Waals surface area contributed by atoms with E-state index in [1.54, 1.807) is 0 Å². The average molecular weight is 426 g/mol. The molecule has 3 heterocycles. The Bertz CT molecular complexity index is 251. The lowest BCUT2D eigenvalue weighted by atomic mass is 9.96. The molecule has 24 heavy (non-hydrogen) atoms. The van der Waals surface area contributed by atoms with Gasteiger partial charge in [-0.05, 0) is 63.7 Å². The Balaban J connectivity index is 0. The van der Waals surface area contributed by atoms with Gasteiger partial charge in [0, 0.05) is 39.3 Å². The first-order valence-electron chi connectivity index (χ1n) is 8.76. The number of hydrogen-bond acceptors (Lipinski definition) is 4. The molecule has 0 spiro atoms. The van der Waals surface area contributed by atoms with Crippen LogP contribution >= 0.6 is 49.6 Å². The largest absolute Gasteiger partial charge is 0.317 e. The molecule has 3 saturated heterocycles. The van der Waals surface area contributed by atoms with Gasteiger partial charge in [-0.2, -0.15) is 0 Å². The van der Waals surface area contributed by atoms with E-state index in [1.165, 1.54) is 91.1 Å². The third kappa shape index (κ3) is 9.09. The van der Waals surface area contributed by atoms with Crippen molar-refractivity contribution in [2.24, 2.45) is 11.8 Å². The number of nitrogens with zero attached hydrogens (tertiary/aromatic N) is 2. The number of piperidine rings is 2. The second-order valence-corrected chi connectivity index (χ2v) is 6.99. The van der Waals surface area contributed by atoms with Crippen molar-refractivity contribution in [1.82, 2.24) is 20.4 Å². The fourth-order valence-corrected chi connectivity index (χ4v) is 4.01. The molecule has 2 N–H and O–H groups in total. The molecule has 0 amide bonds. The van der Waals surface area contributed by atoms with Gasteiger partial charge in [-0.1, -0.05) is 0 Å². The first-order chi connectivity index (χ1) is 9.90. The standard InChI is InChI=1S/C16H32N4.4ClH/c1-5-17-6-2-15(1)13-19-9-11-20(12-10-19)14-16-3-7-18-8-4-16;;;;/h15-18H,1-14H2;4*1H. The number of hydrogen-bond donors (Lipinski definition) is 2. The minimum atomic E-state index is 0. The molecule has 0 saturated carbocycles. The van der Waals surface area contributed by atoms with Crippen molar-refractivity contribution >= 4 is 49.6 Å². The minimum absolute atomic E-state index is 0. The van der Waals surface area contributed by atoms with Crippen molar-refractivity contribution in [1.29, 1.82) is 0 Å². The van der Waals surface area contributed by atoms with E-state index in [0.717, 1.165) is 11.8 Å². The molecule has 8 heteroatoms. The molecule has 0 aromatic heterocycles. The second-order valence-electron chi connectivity index (χ2n) is 6.99. The molecule has 3 aliphatic heterocycles. The summed E-state index contributed by atoms with van der Waals surface area (Å²) in [6, 6.07) is 0. The van der Waals surface area contributed by atoms with Crippen LogP contribution in [-0.4, -0.2) is 75.2 Å². The van der Waals surface area contributed by atoms with E-state index in [2.05, 4.69) is 20.4 Å². The van der Waals surface area contributed by atoms with Crippen molar-refractivity contribution < 1.29 is 0 Å². The Kier molecular flexibility index (Phi) is 17.1. The third-order valence-corrected chi connectivity index (χ3v) is 5.42. The third-order valence-electron chi connectivity index (χ3n) is 5.42. The molecule has 0 bridgehead atoms. The van der Waals surface area contributed by atoms with E-state index in [-0.39, 0.29) is 49.6 Å². The quantitative estimate of drug-likeness (QED) is 0.723. The lowest BCUT2D eigenvalue weighted by Crippen LogP contribution is -2.50. The van der Waals surface area contributed by atoms with Crippen LogP contribution in [0.2, 0.25) is 0 Å².